The van der Waals surface area contributed by atoms with Crippen molar-refractivity contribution in [1.82, 2.24) is 9.97 Å². The molecule has 0 saturated carbocycles. The minimum Gasteiger partial charge on any atom is -0.450 e. The summed E-state index contributed by atoms with van der Waals surface area (Å²) in [6.07, 6.45) is 0. The fourth-order valence-corrected chi connectivity index (χ4v) is 3.51. The molecular formula is C24H17ClN4O2. The van der Waals surface area contributed by atoms with Gasteiger partial charge in [-0.15, -0.1) is 0 Å². The Bertz CT molecular complexity index is 1410. The summed E-state index contributed by atoms with van der Waals surface area (Å²) in [5.74, 6) is 1.000. The maximum Gasteiger partial charge on any atom is 0.221 e. The predicted molar refractivity (Wildman–Crippen MR) is 124 cm³/mol. The summed E-state index contributed by atoms with van der Waals surface area (Å²) < 4.78 is 6.08. The van der Waals surface area contributed by atoms with Gasteiger partial charge in [-0.25, -0.2) is 9.97 Å². The second kappa shape index (κ2) is 7.74. The Balaban J connectivity index is 1.63. The van der Waals surface area contributed by atoms with Crippen molar-refractivity contribution in [3.05, 3.63) is 77.8 Å². The number of carbonyl (C=O) groups is 1. The fraction of sp³-hybridized carbons (Fsp3) is 0.0417. The van der Waals surface area contributed by atoms with E-state index in [1.165, 1.54) is 6.92 Å². The van der Waals surface area contributed by atoms with Gasteiger partial charge in [0.1, 0.15) is 11.1 Å². The molecule has 0 aliphatic rings. The molecule has 0 fully saturated rings. The van der Waals surface area contributed by atoms with Gasteiger partial charge in [-0.3, -0.25) is 4.79 Å². The number of carbonyl (C=O) groups excluding carboxylic acids is 1. The normalized spacial score (nSPS) is 11.0. The summed E-state index contributed by atoms with van der Waals surface area (Å²) in [6.45, 7) is 1.48. The Morgan fingerprint density at radius 2 is 1.61 bits per heavy atom. The topological polar surface area (TPSA) is 80.0 Å². The highest BCUT2D eigenvalue weighted by molar-refractivity contribution is 6.30. The SMILES string of the molecule is CC(=O)Nc1ccc(Nc2nc(-c3ccc(Cl)cc3)nc3c2oc2ccccc23)cc1. The number of furan rings is 1. The lowest BCUT2D eigenvalue weighted by atomic mass is 10.2. The first-order chi connectivity index (χ1) is 15.1. The zero-order chi connectivity index (χ0) is 21.4. The van der Waals surface area contributed by atoms with Gasteiger partial charge in [0, 0.05) is 34.3 Å². The van der Waals surface area contributed by atoms with Crippen molar-refractivity contribution in [3.63, 3.8) is 0 Å². The third kappa shape index (κ3) is 3.81. The molecule has 1 amide bonds. The Morgan fingerprint density at radius 1 is 0.903 bits per heavy atom. The van der Waals surface area contributed by atoms with E-state index in [-0.39, 0.29) is 5.91 Å². The molecule has 3 aromatic carbocycles. The molecular weight excluding hydrogens is 412 g/mol. The van der Waals surface area contributed by atoms with Crippen LogP contribution in [-0.4, -0.2) is 15.9 Å². The summed E-state index contributed by atoms with van der Waals surface area (Å²) >= 11 is 6.04. The van der Waals surface area contributed by atoms with Crippen LogP contribution in [0, 0.1) is 0 Å². The van der Waals surface area contributed by atoms with E-state index >= 15 is 0 Å². The van der Waals surface area contributed by atoms with Crippen molar-refractivity contribution in [2.75, 3.05) is 10.6 Å². The summed E-state index contributed by atoms with van der Waals surface area (Å²) in [6, 6.07) is 22.5. The van der Waals surface area contributed by atoms with Crippen molar-refractivity contribution < 1.29 is 9.21 Å². The Kier molecular flexibility index (Phi) is 4.76. The molecule has 6 nitrogen and oxygen atoms in total. The molecule has 2 aromatic heterocycles. The number of hydrogen-bond donors (Lipinski definition) is 2. The van der Waals surface area contributed by atoms with E-state index in [0.717, 1.165) is 33.4 Å². The number of fused-ring (bicyclic) bond motifs is 3. The summed E-state index contributed by atoms with van der Waals surface area (Å²) in [5.41, 5.74) is 4.41. The van der Waals surface area contributed by atoms with Crippen LogP contribution in [0.2, 0.25) is 5.02 Å². The van der Waals surface area contributed by atoms with Gasteiger partial charge < -0.3 is 15.1 Å². The van der Waals surface area contributed by atoms with Crippen LogP contribution in [0.25, 0.3) is 33.5 Å². The van der Waals surface area contributed by atoms with E-state index < -0.39 is 0 Å². The van der Waals surface area contributed by atoms with E-state index in [9.17, 15) is 4.79 Å². The molecule has 2 N–H and O–H groups in total. The van der Waals surface area contributed by atoms with Gasteiger partial charge in [0.2, 0.25) is 5.91 Å². The number of aromatic nitrogens is 2. The Labute approximate surface area is 182 Å². The van der Waals surface area contributed by atoms with Crippen LogP contribution in [0.1, 0.15) is 6.92 Å². The molecule has 152 valence electrons. The number of anilines is 3. The number of amides is 1. The van der Waals surface area contributed by atoms with E-state index in [2.05, 4.69) is 10.6 Å². The summed E-state index contributed by atoms with van der Waals surface area (Å²) in [5, 5.41) is 7.65. The quantitative estimate of drug-likeness (QED) is 0.346. The van der Waals surface area contributed by atoms with Crippen molar-refractivity contribution in [3.8, 4) is 11.4 Å². The van der Waals surface area contributed by atoms with E-state index in [0.29, 0.717) is 22.2 Å². The van der Waals surface area contributed by atoms with E-state index in [1.807, 2.05) is 72.8 Å². The first kappa shape index (κ1) is 19.1. The van der Waals surface area contributed by atoms with Gasteiger partial charge in [-0.05, 0) is 60.7 Å². The molecule has 2 heterocycles. The first-order valence-corrected chi connectivity index (χ1v) is 10.0. The molecule has 0 unspecified atom stereocenters. The minimum atomic E-state index is -0.117. The standard InChI is InChI=1S/C24H17ClN4O2/c1-14(30)26-17-10-12-18(13-11-17)27-24-22-21(19-4-2-3-5-20(19)31-22)28-23(29-24)15-6-8-16(25)9-7-15/h2-13H,1H3,(H,26,30)(H,27,28,29). The Morgan fingerprint density at radius 3 is 2.35 bits per heavy atom. The smallest absolute Gasteiger partial charge is 0.221 e. The molecule has 0 radical (unpaired) electrons. The number of benzene rings is 3. The molecule has 7 heteroatoms. The number of nitrogens with one attached hydrogen (secondary N) is 2. The molecule has 0 atom stereocenters. The van der Waals surface area contributed by atoms with Gasteiger partial charge in [0.05, 0.1) is 0 Å². The number of nitrogens with zero attached hydrogens (tertiary/aromatic N) is 2. The molecule has 0 aliphatic carbocycles. The largest absolute Gasteiger partial charge is 0.450 e. The van der Waals surface area contributed by atoms with Crippen molar-refractivity contribution >= 4 is 56.8 Å². The molecule has 5 aromatic rings. The van der Waals surface area contributed by atoms with Gasteiger partial charge in [-0.2, -0.15) is 0 Å². The lowest BCUT2D eigenvalue weighted by Gasteiger charge is -2.09. The number of hydrogen-bond acceptors (Lipinski definition) is 5. The maximum atomic E-state index is 11.2. The lowest BCUT2D eigenvalue weighted by molar-refractivity contribution is -0.114. The zero-order valence-electron chi connectivity index (χ0n) is 16.5. The third-order valence-electron chi connectivity index (χ3n) is 4.79. The third-order valence-corrected chi connectivity index (χ3v) is 5.04. The molecule has 0 saturated heterocycles. The van der Waals surface area contributed by atoms with Crippen LogP contribution >= 0.6 is 11.6 Å². The van der Waals surface area contributed by atoms with Crippen LogP contribution < -0.4 is 10.6 Å². The second-order valence-corrected chi connectivity index (χ2v) is 7.50. The first-order valence-electron chi connectivity index (χ1n) is 9.67. The number of halogens is 1. The number of rotatable bonds is 4. The minimum absolute atomic E-state index is 0.117. The molecule has 0 aliphatic heterocycles. The summed E-state index contributed by atoms with van der Waals surface area (Å²) in [4.78, 5) is 20.8. The monoisotopic (exact) mass is 428 g/mol. The second-order valence-electron chi connectivity index (χ2n) is 7.06. The van der Waals surface area contributed by atoms with Crippen LogP contribution in [0.15, 0.2) is 77.2 Å². The Hall–Kier alpha value is -3.90. The maximum absolute atomic E-state index is 11.2. The highest BCUT2D eigenvalue weighted by Gasteiger charge is 2.17. The van der Waals surface area contributed by atoms with Crippen LogP contribution in [-0.2, 0) is 4.79 Å². The highest BCUT2D eigenvalue weighted by atomic mass is 35.5. The fourth-order valence-electron chi connectivity index (χ4n) is 3.38. The summed E-state index contributed by atoms with van der Waals surface area (Å²) in [7, 11) is 0. The number of para-hydroxylation sites is 1. The van der Waals surface area contributed by atoms with Crippen LogP contribution in [0.4, 0.5) is 17.2 Å². The van der Waals surface area contributed by atoms with Gasteiger partial charge in [0.25, 0.3) is 0 Å². The predicted octanol–water partition coefficient (Wildman–Crippen LogP) is 6.40. The molecule has 0 bridgehead atoms. The van der Waals surface area contributed by atoms with Crippen molar-refractivity contribution in [2.24, 2.45) is 0 Å². The molecule has 5 rings (SSSR count). The van der Waals surface area contributed by atoms with Crippen molar-refractivity contribution in [1.29, 1.82) is 0 Å². The van der Waals surface area contributed by atoms with Crippen LogP contribution in [0.3, 0.4) is 0 Å². The van der Waals surface area contributed by atoms with Gasteiger partial charge in [-0.1, -0.05) is 23.7 Å². The van der Waals surface area contributed by atoms with E-state index in [1.54, 1.807) is 0 Å². The lowest BCUT2D eigenvalue weighted by Crippen LogP contribution is -2.05. The van der Waals surface area contributed by atoms with E-state index in [4.69, 9.17) is 26.0 Å². The van der Waals surface area contributed by atoms with Crippen LogP contribution in [0.5, 0.6) is 0 Å². The average molecular weight is 429 g/mol. The molecule has 0 spiro atoms. The van der Waals surface area contributed by atoms with Crippen molar-refractivity contribution in [2.45, 2.75) is 6.92 Å². The average Bonchev–Trinajstić information content (AvgIpc) is 3.14. The van der Waals surface area contributed by atoms with Gasteiger partial charge in [0.15, 0.2) is 17.2 Å². The zero-order valence-corrected chi connectivity index (χ0v) is 17.3. The highest BCUT2D eigenvalue weighted by Crippen LogP contribution is 2.34. The molecule has 31 heavy (non-hydrogen) atoms. The van der Waals surface area contributed by atoms with Gasteiger partial charge >= 0.3 is 0 Å².